The molecule has 26 heavy (non-hydrogen) atoms. The van der Waals surface area contributed by atoms with Gasteiger partial charge in [0, 0.05) is 38.1 Å². The smallest absolute Gasteiger partial charge is 0.257 e. The van der Waals surface area contributed by atoms with Crippen molar-refractivity contribution in [3.63, 3.8) is 0 Å². The first kappa shape index (κ1) is 18.4. The Kier molecular flexibility index (Phi) is 5.28. The van der Waals surface area contributed by atoms with Gasteiger partial charge in [-0.1, -0.05) is 39.0 Å². The molecule has 1 N–H and O–H groups in total. The number of para-hydroxylation sites is 1. The quantitative estimate of drug-likeness (QED) is 0.920. The molecule has 138 valence electrons. The number of anilines is 2. The fraction of sp³-hybridized carbons (Fsp3) is 0.429. The zero-order chi connectivity index (χ0) is 18.7. The third-order valence-corrected chi connectivity index (χ3v) is 4.84. The first-order valence-corrected chi connectivity index (χ1v) is 9.14. The van der Waals surface area contributed by atoms with E-state index >= 15 is 0 Å². The van der Waals surface area contributed by atoms with Gasteiger partial charge in [0.25, 0.3) is 5.91 Å². The maximum Gasteiger partial charge on any atom is 0.257 e. The van der Waals surface area contributed by atoms with Crippen LogP contribution in [0.25, 0.3) is 0 Å². The van der Waals surface area contributed by atoms with E-state index in [1.54, 1.807) is 6.20 Å². The maximum absolute atomic E-state index is 12.8. The van der Waals surface area contributed by atoms with Gasteiger partial charge in [0.2, 0.25) is 0 Å². The second-order valence-electron chi connectivity index (χ2n) is 7.97. The number of carbonyl (C=O) groups excluding carboxylic acids is 1. The van der Waals surface area contributed by atoms with Crippen molar-refractivity contribution in [3.8, 4) is 0 Å². The number of hydrogen-bond donors (Lipinski definition) is 1. The summed E-state index contributed by atoms with van der Waals surface area (Å²) in [5.41, 5.74) is 3.54. The van der Waals surface area contributed by atoms with E-state index in [4.69, 9.17) is 0 Å². The SMILES string of the molecule is CN1CCN(c2cncc(C(=O)Nc3ccccc3C(C)(C)C)c2)CC1. The molecule has 1 aromatic carbocycles. The van der Waals surface area contributed by atoms with Gasteiger partial charge in [-0.15, -0.1) is 0 Å². The summed E-state index contributed by atoms with van der Waals surface area (Å²) in [6, 6.07) is 9.91. The lowest BCUT2D eigenvalue weighted by molar-refractivity contribution is 0.102. The molecule has 5 nitrogen and oxygen atoms in total. The zero-order valence-corrected chi connectivity index (χ0v) is 16.1. The second-order valence-corrected chi connectivity index (χ2v) is 7.97. The summed E-state index contributed by atoms with van der Waals surface area (Å²) in [7, 11) is 2.13. The van der Waals surface area contributed by atoms with Crippen LogP contribution in [0, 0.1) is 0 Å². The second kappa shape index (κ2) is 7.46. The zero-order valence-electron chi connectivity index (χ0n) is 16.1. The number of piperazine rings is 1. The van der Waals surface area contributed by atoms with E-state index in [0.717, 1.165) is 43.1 Å². The first-order chi connectivity index (χ1) is 12.3. The van der Waals surface area contributed by atoms with E-state index in [-0.39, 0.29) is 11.3 Å². The number of likely N-dealkylation sites (N-methyl/N-ethyl adjacent to an activating group) is 1. The number of aromatic nitrogens is 1. The topological polar surface area (TPSA) is 48.5 Å². The number of rotatable bonds is 3. The maximum atomic E-state index is 12.8. The van der Waals surface area contributed by atoms with E-state index in [1.807, 2.05) is 30.5 Å². The fourth-order valence-corrected chi connectivity index (χ4v) is 3.23. The van der Waals surface area contributed by atoms with Gasteiger partial charge < -0.3 is 15.1 Å². The molecule has 1 aliphatic heterocycles. The average Bonchev–Trinajstić information content (AvgIpc) is 2.62. The van der Waals surface area contributed by atoms with Crippen LogP contribution >= 0.6 is 0 Å². The highest BCUT2D eigenvalue weighted by atomic mass is 16.1. The van der Waals surface area contributed by atoms with Gasteiger partial charge in [-0.25, -0.2) is 0 Å². The minimum absolute atomic E-state index is 0.0379. The predicted molar refractivity (Wildman–Crippen MR) is 107 cm³/mol. The number of hydrogen-bond acceptors (Lipinski definition) is 4. The number of nitrogens with zero attached hydrogens (tertiary/aromatic N) is 3. The Morgan fingerprint density at radius 3 is 2.46 bits per heavy atom. The molecule has 0 radical (unpaired) electrons. The molecule has 0 spiro atoms. The van der Waals surface area contributed by atoms with Gasteiger partial charge in [0.05, 0.1) is 17.4 Å². The van der Waals surface area contributed by atoms with Crippen molar-refractivity contribution in [3.05, 3.63) is 53.9 Å². The number of nitrogens with one attached hydrogen (secondary N) is 1. The Morgan fingerprint density at radius 2 is 1.77 bits per heavy atom. The lowest BCUT2D eigenvalue weighted by Gasteiger charge is -2.33. The van der Waals surface area contributed by atoms with Crippen LogP contribution in [0.1, 0.15) is 36.7 Å². The summed E-state index contributed by atoms with van der Waals surface area (Å²) in [5.74, 6) is -0.120. The van der Waals surface area contributed by atoms with Gasteiger partial charge in [0.1, 0.15) is 0 Å². The van der Waals surface area contributed by atoms with Gasteiger partial charge in [-0.2, -0.15) is 0 Å². The van der Waals surface area contributed by atoms with Crippen molar-refractivity contribution in [2.24, 2.45) is 0 Å². The minimum atomic E-state index is -0.120. The third-order valence-electron chi connectivity index (χ3n) is 4.84. The van der Waals surface area contributed by atoms with Crippen LogP contribution in [-0.2, 0) is 5.41 Å². The highest BCUT2D eigenvalue weighted by molar-refractivity contribution is 6.05. The van der Waals surface area contributed by atoms with Crippen LogP contribution in [-0.4, -0.2) is 49.0 Å². The lowest BCUT2D eigenvalue weighted by atomic mass is 9.86. The summed E-state index contributed by atoms with van der Waals surface area (Å²) >= 11 is 0. The molecular weight excluding hydrogens is 324 g/mol. The third kappa shape index (κ3) is 4.22. The Labute approximate surface area is 156 Å². The molecule has 2 heterocycles. The van der Waals surface area contributed by atoms with Crippen molar-refractivity contribution >= 4 is 17.3 Å². The highest BCUT2D eigenvalue weighted by Crippen LogP contribution is 2.29. The van der Waals surface area contributed by atoms with E-state index < -0.39 is 0 Å². The molecular formula is C21H28N4O. The summed E-state index contributed by atoms with van der Waals surface area (Å²) in [6.45, 7) is 10.4. The molecule has 0 aliphatic carbocycles. The molecule has 5 heteroatoms. The fourth-order valence-electron chi connectivity index (χ4n) is 3.23. The molecule has 1 aliphatic rings. The van der Waals surface area contributed by atoms with Crippen molar-refractivity contribution in [2.45, 2.75) is 26.2 Å². The normalized spacial score (nSPS) is 15.8. The van der Waals surface area contributed by atoms with Crippen LogP contribution in [0.15, 0.2) is 42.7 Å². The van der Waals surface area contributed by atoms with Gasteiger partial charge >= 0.3 is 0 Å². The predicted octanol–water partition coefficient (Wildman–Crippen LogP) is 3.38. The van der Waals surface area contributed by atoms with Crippen LogP contribution in [0.5, 0.6) is 0 Å². The standard InChI is InChI=1S/C21H28N4O/c1-21(2,3)18-7-5-6-8-19(18)23-20(26)16-13-17(15-22-14-16)25-11-9-24(4)10-12-25/h5-8,13-15H,9-12H2,1-4H3,(H,23,26). The van der Waals surface area contributed by atoms with Crippen LogP contribution < -0.4 is 10.2 Å². The van der Waals surface area contributed by atoms with E-state index in [2.05, 4.69) is 54.0 Å². The molecule has 0 saturated carbocycles. The van der Waals surface area contributed by atoms with Crippen molar-refractivity contribution in [2.75, 3.05) is 43.4 Å². The number of benzene rings is 1. The van der Waals surface area contributed by atoms with Crippen molar-refractivity contribution in [1.29, 1.82) is 0 Å². The van der Waals surface area contributed by atoms with Gasteiger partial charge in [0.15, 0.2) is 0 Å². The summed E-state index contributed by atoms with van der Waals surface area (Å²) in [4.78, 5) is 21.7. The molecule has 1 fully saturated rings. The van der Waals surface area contributed by atoms with Gasteiger partial charge in [-0.3, -0.25) is 9.78 Å². The monoisotopic (exact) mass is 352 g/mol. The molecule has 0 bridgehead atoms. The van der Waals surface area contributed by atoms with Crippen molar-refractivity contribution in [1.82, 2.24) is 9.88 Å². The van der Waals surface area contributed by atoms with E-state index in [1.165, 1.54) is 0 Å². The Hall–Kier alpha value is -2.40. The molecule has 2 aromatic rings. The Morgan fingerprint density at radius 1 is 1.08 bits per heavy atom. The van der Waals surface area contributed by atoms with Crippen LogP contribution in [0.2, 0.25) is 0 Å². The summed E-state index contributed by atoms with van der Waals surface area (Å²) in [5, 5.41) is 3.06. The molecule has 1 saturated heterocycles. The minimum Gasteiger partial charge on any atom is -0.368 e. The van der Waals surface area contributed by atoms with E-state index in [9.17, 15) is 4.79 Å². The molecule has 1 amide bonds. The number of pyridine rings is 1. The van der Waals surface area contributed by atoms with Crippen molar-refractivity contribution < 1.29 is 4.79 Å². The van der Waals surface area contributed by atoms with Crippen LogP contribution in [0.3, 0.4) is 0 Å². The molecule has 0 unspecified atom stereocenters. The lowest BCUT2D eigenvalue weighted by Crippen LogP contribution is -2.44. The Bertz CT molecular complexity index is 774. The largest absolute Gasteiger partial charge is 0.368 e. The summed E-state index contributed by atoms with van der Waals surface area (Å²) < 4.78 is 0. The molecule has 3 rings (SSSR count). The number of carbonyl (C=O) groups is 1. The molecule has 1 aromatic heterocycles. The van der Waals surface area contributed by atoms with E-state index in [0.29, 0.717) is 5.56 Å². The highest BCUT2D eigenvalue weighted by Gasteiger charge is 2.20. The van der Waals surface area contributed by atoms with Crippen LogP contribution in [0.4, 0.5) is 11.4 Å². The van der Waals surface area contributed by atoms with Gasteiger partial charge in [-0.05, 0) is 30.2 Å². The Balaban J connectivity index is 1.78. The first-order valence-electron chi connectivity index (χ1n) is 9.14. The molecule has 0 atom stereocenters. The number of amides is 1. The summed E-state index contributed by atoms with van der Waals surface area (Å²) in [6.07, 6.45) is 3.47. The average molecular weight is 352 g/mol.